The van der Waals surface area contributed by atoms with Crippen molar-refractivity contribution >= 4 is 5.91 Å². The van der Waals surface area contributed by atoms with Gasteiger partial charge in [-0.2, -0.15) is 0 Å². The van der Waals surface area contributed by atoms with Crippen LogP contribution in [0.4, 0.5) is 0 Å². The number of nitrogens with one attached hydrogen (secondary N) is 1. The molecule has 1 atom stereocenters. The Balaban J connectivity index is 1.58. The third-order valence-corrected chi connectivity index (χ3v) is 6.26. The first kappa shape index (κ1) is 20.3. The van der Waals surface area contributed by atoms with E-state index < -0.39 is 5.60 Å². The number of likely N-dealkylation sites (tertiary alicyclic amines) is 1. The second-order valence-electron chi connectivity index (χ2n) is 8.83. The molecule has 2 aliphatic rings. The molecule has 1 amide bonds. The lowest BCUT2D eigenvalue weighted by molar-refractivity contribution is -0.157. The number of hydrogen-bond acceptors (Lipinski definition) is 3. The lowest BCUT2D eigenvalue weighted by atomic mass is 9.90. The van der Waals surface area contributed by atoms with E-state index in [1.807, 2.05) is 4.90 Å². The van der Waals surface area contributed by atoms with Crippen LogP contribution in [0.5, 0.6) is 0 Å². The number of benzene rings is 1. The molecule has 150 valence electrons. The quantitative estimate of drug-likeness (QED) is 0.743. The molecule has 1 saturated heterocycles. The summed E-state index contributed by atoms with van der Waals surface area (Å²) in [7, 11) is 0. The number of piperidine rings is 1. The molecule has 0 radical (unpaired) electrons. The minimum atomic E-state index is -1.25. The van der Waals surface area contributed by atoms with Gasteiger partial charge in [-0.3, -0.25) is 4.79 Å². The molecular weight excluding hydrogens is 336 g/mol. The van der Waals surface area contributed by atoms with Crippen LogP contribution in [0, 0.1) is 0 Å². The summed E-state index contributed by atoms with van der Waals surface area (Å²) in [6.07, 6.45) is 8.87. The summed E-state index contributed by atoms with van der Waals surface area (Å²) in [5.41, 5.74) is 1.20. The van der Waals surface area contributed by atoms with Crippen LogP contribution in [-0.2, 0) is 11.3 Å². The van der Waals surface area contributed by atoms with Crippen LogP contribution < -0.4 is 5.32 Å². The summed E-state index contributed by atoms with van der Waals surface area (Å²) >= 11 is 0. The van der Waals surface area contributed by atoms with E-state index in [-0.39, 0.29) is 5.91 Å². The maximum absolute atomic E-state index is 13.0. The Hall–Kier alpha value is -1.39. The Morgan fingerprint density at radius 2 is 1.78 bits per heavy atom. The van der Waals surface area contributed by atoms with Crippen LogP contribution in [-0.4, -0.2) is 40.6 Å². The first-order valence-corrected chi connectivity index (χ1v) is 10.8. The first-order valence-electron chi connectivity index (χ1n) is 10.8. The molecule has 2 N–H and O–H groups in total. The Bertz CT molecular complexity index is 605. The highest BCUT2D eigenvalue weighted by Gasteiger charge is 2.42. The molecule has 1 aromatic carbocycles. The largest absolute Gasteiger partial charge is 0.379 e. The fourth-order valence-electron chi connectivity index (χ4n) is 4.41. The first-order chi connectivity index (χ1) is 13.0. The zero-order valence-corrected chi connectivity index (χ0v) is 17.0. The summed E-state index contributed by atoms with van der Waals surface area (Å²) in [6.45, 7) is 6.08. The third-order valence-electron chi connectivity index (χ3n) is 6.26. The standard InChI is InChI=1S/C23H36N2O2/c1-18(2)20-12-10-19(11-13-20)16-25-15-7-14-23(27,22(25)26)17-24-21-8-5-3-4-6-9-21/h10-13,18,21,24,27H,3-9,14-17H2,1-2H3/t23-/m1/s1. The van der Waals surface area contributed by atoms with Crippen LogP contribution >= 0.6 is 0 Å². The monoisotopic (exact) mass is 372 g/mol. The summed E-state index contributed by atoms with van der Waals surface area (Å²) in [6, 6.07) is 8.96. The highest BCUT2D eigenvalue weighted by molar-refractivity contribution is 5.86. The van der Waals surface area contributed by atoms with Crippen molar-refractivity contribution in [3.63, 3.8) is 0 Å². The molecule has 27 heavy (non-hydrogen) atoms. The van der Waals surface area contributed by atoms with Crippen LogP contribution in [0.2, 0.25) is 0 Å². The van der Waals surface area contributed by atoms with Gasteiger partial charge in [-0.25, -0.2) is 0 Å². The molecule has 1 saturated carbocycles. The average molecular weight is 373 g/mol. The lowest BCUT2D eigenvalue weighted by Crippen LogP contribution is -2.58. The molecule has 2 fully saturated rings. The van der Waals surface area contributed by atoms with Crippen molar-refractivity contribution in [1.29, 1.82) is 0 Å². The Kier molecular flexibility index (Phi) is 6.93. The van der Waals surface area contributed by atoms with Gasteiger partial charge < -0.3 is 15.3 Å². The number of carbonyl (C=O) groups is 1. The molecular formula is C23H36N2O2. The second kappa shape index (κ2) is 9.20. The van der Waals surface area contributed by atoms with Crippen molar-refractivity contribution in [3.05, 3.63) is 35.4 Å². The van der Waals surface area contributed by atoms with Crippen molar-refractivity contribution in [1.82, 2.24) is 10.2 Å². The van der Waals surface area contributed by atoms with Gasteiger partial charge in [0.2, 0.25) is 0 Å². The molecule has 4 heteroatoms. The summed E-state index contributed by atoms with van der Waals surface area (Å²) < 4.78 is 0. The zero-order chi connectivity index (χ0) is 19.3. The van der Waals surface area contributed by atoms with Gasteiger partial charge in [0.05, 0.1) is 0 Å². The zero-order valence-electron chi connectivity index (χ0n) is 17.0. The third kappa shape index (κ3) is 5.32. The Morgan fingerprint density at radius 3 is 2.41 bits per heavy atom. The molecule has 1 heterocycles. The van der Waals surface area contributed by atoms with E-state index in [0.717, 1.165) is 31.4 Å². The highest BCUT2D eigenvalue weighted by Crippen LogP contribution is 2.25. The van der Waals surface area contributed by atoms with E-state index in [0.29, 0.717) is 31.5 Å². The molecule has 3 rings (SSSR count). The minimum Gasteiger partial charge on any atom is -0.379 e. The van der Waals surface area contributed by atoms with E-state index in [2.05, 4.69) is 43.4 Å². The normalized spacial score (nSPS) is 25.0. The number of aliphatic hydroxyl groups is 1. The van der Waals surface area contributed by atoms with Gasteiger partial charge in [-0.15, -0.1) is 0 Å². The molecule has 0 aromatic heterocycles. The summed E-state index contributed by atoms with van der Waals surface area (Å²) in [5.74, 6) is 0.402. The predicted octanol–water partition coefficient (Wildman–Crippen LogP) is 3.98. The molecule has 1 aliphatic heterocycles. The molecule has 1 aromatic rings. The van der Waals surface area contributed by atoms with E-state index in [9.17, 15) is 9.90 Å². The Morgan fingerprint density at radius 1 is 1.11 bits per heavy atom. The van der Waals surface area contributed by atoms with Gasteiger partial charge in [-0.05, 0) is 42.7 Å². The number of carbonyl (C=O) groups excluding carboxylic acids is 1. The number of nitrogens with zero attached hydrogens (tertiary/aromatic N) is 1. The van der Waals surface area contributed by atoms with E-state index in [1.54, 1.807) is 0 Å². The fourth-order valence-corrected chi connectivity index (χ4v) is 4.41. The molecule has 0 bridgehead atoms. The molecule has 0 unspecified atom stereocenters. The number of rotatable bonds is 6. The van der Waals surface area contributed by atoms with E-state index in [1.165, 1.54) is 31.2 Å². The fraction of sp³-hybridized carbons (Fsp3) is 0.696. The van der Waals surface area contributed by atoms with Gasteiger partial charge >= 0.3 is 0 Å². The Labute approximate surface area is 164 Å². The van der Waals surface area contributed by atoms with Crippen molar-refractivity contribution in [2.45, 2.75) is 89.3 Å². The number of amides is 1. The smallest absolute Gasteiger partial charge is 0.256 e. The van der Waals surface area contributed by atoms with Crippen LogP contribution in [0.25, 0.3) is 0 Å². The van der Waals surface area contributed by atoms with Gasteiger partial charge in [-0.1, -0.05) is 63.8 Å². The van der Waals surface area contributed by atoms with E-state index >= 15 is 0 Å². The summed E-state index contributed by atoms with van der Waals surface area (Å²) in [4.78, 5) is 14.8. The van der Waals surface area contributed by atoms with E-state index in [4.69, 9.17) is 0 Å². The second-order valence-corrected chi connectivity index (χ2v) is 8.83. The predicted molar refractivity (Wildman–Crippen MR) is 110 cm³/mol. The van der Waals surface area contributed by atoms with Crippen molar-refractivity contribution in [3.8, 4) is 0 Å². The van der Waals surface area contributed by atoms with Gasteiger partial charge in [0.1, 0.15) is 0 Å². The SMILES string of the molecule is CC(C)c1ccc(CN2CCC[C@@](O)(CNC3CCCCCC3)C2=O)cc1. The topological polar surface area (TPSA) is 52.6 Å². The van der Waals surface area contributed by atoms with Crippen molar-refractivity contribution < 1.29 is 9.90 Å². The molecule has 1 aliphatic carbocycles. The highest BCUT2D eigenvalue weighted by atomic mass is 16.3. The molecule has 4 nitrogen and oxygen atoms in total. The molecule has 0 spiro atoms. The van der Waals surface area contributed by atoms with Crippen molar-refractivity contribution in [2.75, 3.05) is 13.1 Å². The van der Waals surface area contributed by atoms with Crippen LogP contribution in [0.15, 0.2) is 24.3 Å². The summed E-state index contributed by atoms with van der Waals surface area (Å²) in [5, 5.41) is 14.6. The maximum Gasteiger partial charge on any atom is 0.256 e. The van der Waals surface area contributed by atoms with Crippen LogP contribution in [0.3, 0.4) is 0 Å². The minimum absolute atomic E-state index is 0.109. The maximum atomic E-state index is 13.0. The van der Waals surface area contributed by atoms with Crippen molar-refractivity contribution in [2.24, 2.45) is 0 Å². The van der Waals surface area contributed by atoms with Gasteiger partial charge in [0, 0.05) is 25.7 Å². The average Bonchev–Trinajstić information content (AvgIpc) is 2.93. The van der Waals surface area contributed by atoms with Gasteiger partial charge in [0.25, 0.3) is 5.91 Å². The lowest BCUT2D eigenvalue weighted by Gasteiger charge is -2.39. The van der Waals surface area contributed by atoms with Crippen LogP contribution in [0.1, 0.15) is 82.3 Å². The van der Waals surface area contributed by atoms with Gasteiger partial charge in [0.15, 0.2) is 5.60 Å². The number of hydrogen-bond donors (Lipinski definition) is 2.